The molecule has 0 radical (unpaired) electrons. The van der Waals surface area contributed by atoms with Gasteiger partial charge in [-0.25, -0.2) is 4.57 Å². The molecule has 16 heavy (non-hydrogen) atoms. The number of carbonyl (C=O) groups is 2. The second kappa shape index (κ2) is 5.85. The summed E-state index contributed by atoms with van der Waals surface area (Å²) < 4.78 is 1.90. The van der Waals surface area contributed by atoms with E-state index in [9.17, 15) is 9.59 Å². The van der Waals surface area contributed by atoms with Crippen LogP contribution in [0, 0.1) is 0 Å². The van der Waals surface area contributed by atoms with Gasteiger partial charge in [-0.05, 0) is 6.42 Å². The number of rotatable bonds is 6. The minimum atomic E-state index is -0.769. The van der Waals surface area contributed by atoms with Gasteiger partial charge in [0.1, 0.15) is 6.54 Å². The molecule has 0 aliphatic carbocycles. The monoisotopic (exact) mass is 223 g/mol. The van der Waals surface area contributed by atoms with Crippen molar-refractivity contribution in [1.29, 1.82) is 0 Å². The van der Waals surface area contributed by atoms with E-state index in [0.29, 0.717) is 12.0 Å². The predicted octanol–water partition coefficient (Wildman–Crippen LogP) is 0.328. The molecule has 0 saturated heterocycles. The van der Waals surface area contributed by atoms with Crippen molar-refractivity contribution >= 4 is 11.9 Å². The number of amides is 1. The Bertz CT molecular complexity index is 373. The van der Waals surface area contributed by atoms with Crippen molar-refractivity contribution in [3.63, 3.8) is 0 Å². The van der Waals surface area contributed by atoms with Crippen LogP contribution in [0.5, 0.6) is 0 Å². The Balaban J connectivity index is 2.38. The third-order valence-electron chi connectivity index (χ3n) is 2.23. The molecule has 1 heterocycles. The highest BCUT2D eigenvalue weighted by Gasteiger charge is 2.04. The first-order valence-corrected chi connectivity index (χ1v) is 5.10. The van der Waals surface area contributed by atoms with E-state index >= 15 is 0 Å². The summed E-state index contributed by atoms with van der Waals surface area (Å²) in [5.74, 6) is -1.22. The van der Waals surface area contributed by atoms with Gasteiger partial charge < -0.3 is 10.8 Å². The number of pyridine rings is 1. The number of hydrogen-bond donors (Lipinski definition) is 2. The van der Waals surface area contributed by atoms with Crippen LogP contribution in [-0.2, 0) is 11.3 Å². The highest BCUT2D eigenvalue weighted by molar-refractivity contribution is 5.92. The van der Waals surface area contributed by atoms with Crippen LogP contribution in [0.4, 0.5) is 0 Å². The number of aromatic nitrogens is 1. The van der Waals surface area contributed by atoms with Gasteiger partial charge in [-0.15, -0.1) is 0 Å². The molecule has 0 fully saturated rings. The van der Waals surface area contributed by atoms with Crippen LogP contribution < -0.4 is 10.3 Å². The molecule has 86 valence electrons. The normalized spacial score (nSPS) is 10.0. The van der Waals surface area contributed by atoms with Crippen LogP contribution in [0.15, 0.2) is 24.5 Å². The van der Waals surface area contributed by atoms with Gasteiger partial charge in [0.2, 0.25) is 5.91 Å². The zero-order chi connectivity index (χ0) is 12.0. The molecule has 0 unspecified atom stereocenters. The Kier molecular flexibility index (Phi) is 4.44. The van der Waals surface area contributed by atoms with Crippen LogP contribution >= 0.6 is 0 Å². The van der Waals surface area contributed by atoms with E-state index in [1.54, 1.807) is 24.5 Å². The quantitative estimate of drug-likeness (QED) is 0.538. The van der Waals surface area contributed by atoms with E-state index in [2.05, 4.69) is 0 Å². The maximum atomic E-state index is 10.8. The second-order valence-corrected chi connectivity index (χ2v) is 3.54. The maximum Gasteiger partial charge on any atom is 0.303 e. The molecule has 0 saturated carbocycles. The third-order valence-corrected chi connectivity index (χ3v) is 2.23. The summed E-state index contributed by atoms with van der Waals surface area (Å²) in [6.07, 6.45) is 5.18. The van der Waals surface area contributed by atoms with Gasteiger partial charge >= 0.3 is 5.97 Å². The molecule has 0 bridgehead atoms. The first kappa shape index (κ1) is 12.2. The first-order valence-electron chi connectivity index (χ1n) is 5.10. The number of aryl methyl sites for hydroxylation is 1. The number of carbonyl (C=O) groups excluding carboxylic acids is 1. The van der Waals surface area contributed by atoms with Crippen molar-refractivity contribution in [3.8, 4) is 0 Å². The molecule has 1 aromatic rings. The zero-order valence-corrected chi connectivity index (χ0v) is 8.93. The molecule has 5 nitrogen and oxygen atoms in total. The largest absolute Gasteiger partial charge is 0.481 e. The third kappa shape index (κ3) is 4.08. The summed E-state index contributed by atoms with van der Waals surface area (Å²) in [6, 6.07) is 3.30. The molecular formula is C11H15N2O3+. The van der Waals surface area contributed by atoms with Crippen LogP contribution in [0.25, 0.3) is 0 Å². The Morgan fingerprint density at radius 1 is 1.25 bits per heavy atom. The Hall–Kier alpha value is -1.91. The highest BCUT2D eigenvalue weighted by Crippen LogP contribution is 1.96. The molecule has 0 aliphatic rings. The molecular weight excluding hydrogens is 208 g/mol. The molecule has 5 heteroatoms. The van der Waals surface area contributed by atoms with Crippen molar-refractivity contribution in [1.82, 2.24) is 0 Å². The molecule has 0 atom stereocenters. The number of nitrogens with two attached hydrogens (primary N) is 1. The van der Waals surface area contributed by atoms with Crippen molar-refractivity contribution < 1.29 is 19.3 Å². The Morgan fingerprint density at radius 3 is 2.38 bits per heavy atom. The number of aliphatic carboxylic acids is 1. The lowest BCUT2D eigenvalue weighted by atomic mass is 10.2. The van der Waals surface area contributed by atoms with Crippen LogP contribution in [0.3, 0.4) is 0 Å². The van der Waals surface area contributed by atoms with Gasteiger partial charge in [0.15, 0.2) is 12.4 Å². The number of carboxylic acids is 1. The minimum Gasteiger partial charge on any atom is -0.481 e. The lowest BCUT2D eigenvalue weighted by Gasteiger charge is -1.97. The van der Waals surface area contributed by atoms with Gasteiger partial charge in [-0.2, -0.15) is 0 Å². The standard InChI is InChI=1S/C11H14N2O3/c12-11(16)9-4-7-13(8-5-9)6-2-1-3-10(14)15/h4-5,7-8H,1-3,6H2,(H2-,12,14,15,16)/p+1. The van der Waals surface area contributed by atoms with Gasteiger partial charge in [0, 0.05) is 25.0 Å². The predicted molar refractivity (Wildman–Crippen MR) is 56.6 cm³/mol. The summed E-state index contributed by atoms with van der Waals surface area (Å²) >= 11 is 0. The fourth-order valence-electron chi connectivity index (χ4n) is 1.34. The number of unbranched alkanes of at least 4 members (excludes halogenated alkanes) is 1. The van der Waals surface area contributed by atoms with Crippen molar-refractivity contribution in [2.75, 3.05) is 0 Å². The van der Waals surface area contributed by atoms with E-state index in [0.717, 1.165) is 13.0 Å². The van der Waals surface area contributed by atoms with Crippen LogP contribution in [-0.4, -0.2) is 17.0 Å². The Morgan fingerprint density at radius 2 is 1.88 bits per heavy atom. The van der Waals surface area contributed by atoms with Crippen molar-refractivity contribution in [2.45, 2.75) is 25.8 Å². The fraction of sp³-hybridized carbons (Fsp3) is 0.364. The van der Waals surface area contributed by atoms with Gasteiger partial charge in [0.25, 0.3) is 0 Å². The summed E-state index contributed by atoms with van der Waals surface area (Å²) in [6.45, 7) is 0.742. The van der Waals surface area contributed by atoms with E-state index in [-0.39, 0.29) is 6.42 Å². The van der Waals surface area contributed by atoms with E-state index < -0.39 is 11.9 Å². The highest BCUT2D eigenvalue weighted by atomic mass is 16.4. The molecule has 0 aromatic carbocycles. The lowest BCUT2D eigenvalue weighted by Crippen LogP contribution is -2.33. The minimum absolute atomic E-state index is 0.194. The number of primary amides is 1. The maximum absolute atomic E-state index is 10.8. The van der Waals surface area contributed by atoms with Gasteiger partial charge in [-0.3, -0.25) is 9.59 Å². The van der Waals surface area contributed by atoms with Crippen LogP contribution in [0.1, 0.15) is 29.6 Å². The van der Waals surface area contributed by atoms with Gasteiger partial charge in [0.05, 0.1) is 5.56 Å². The summed E-state index contributed by atoms with van der Waals surface area (Å²) in [4.78, 5) is 21.1. The molecule has 3 N–H and O–H groups in total. The lowest BCUT2D eigenvalue weighted by molar-refractivity contribution is -0.697. The van der Waals surface area contributed by atoms with Crippen LogP contribution in [0.2, 0.25) is 0 Å². The fourth-order valence-corrected chi connectivity index (χ4v) is 1.34. The summed E-state index contributed by atoms with van der Waals surface area (Å²) in [5.41, 5.74) is 5.58. The van der Waals surface area contributed by atoms with Gasteiger partial charge in [-0.1, -0.05) is 0 Å². The average Bonchev–Trinajstić information content (AvgIpc) is 2.25. The smallest absolute Gasteiger partial charge is 0.303 e. The first-order chi connectivity index (χ1) is 7.59. The molecule has 0 spiro atoms. The SMILES string of the molecule is NC(=O)c1cc[n+](CCCCC(=O)O)cc1. The zero-order valence-electron chi connectivity index (χ0n) is 8.93. The van der Waals surface area contributed by atoms with Crippen molar-refractivity contribution in [3.05, 3.63) is 30.1 Å². The summed E-state index contributed by atoms with van der Waals surface area (Å²) in [5, 5.41) is 8.45. The summed E-state index contributed by atoms with van der Waals surface area (Å²) in [7, 11) is 0. The second-order valence-electron chi connectivity index (χ2n) is 3.54. The molecule has 1 aromatic heterocycles. The molecule has 0 aliphatic heterocycles. The van der Waals surface area contributed by atoms with Crippen molar-refractivity contribution in [2.24, 2.45) is 5.73 Å². The molecule has 1 rings (SSSR count). The van der Waals surface area contributed by atoms with E-state index in [1.165, 1.54) is 0 Å². The number of hydrogen-bond acceptors (Lipinski definition) is 2. The Labute approximate surface area is 93.5 Å². The number of nitrogens with zero attached hydrogens (tertiary/aromatic N) is 1. The van der Waals surface area contributed by atoms with E-state index in [4.69, 9.17) is 10.8 Å². The molecule has 1 amide bonds. The topological polar surface area (TPSA) is 84.3 Å². The average molecular weight is 223 g/mol. The number of carboxylic acid groups (broad SMARTS) is 1. The van der Waals surface area contributed by atoms with E-state index in [1.807, 2.05) is 4.57 Å².